The molecular weight excluding hydrogens is 268 g/mol. The lowest BCUT2D eigenvalue weighted by molar-refractivity contribution is 0.104. The highest BCUT2D eigenvalue weighted by molar-refractivity contribution is 6.22. The topological polar surface area (TPSA) is 17.1 Å². The van der Waals surface area contributed by atoms with Crippen molar-refractivity contribution in [3.05, 3.63) is 95.1 Å². The number of carbonyl (C=O) groups is 1. The normalized spacial score (nSPS) is 11.4. The Morgan fingerprint density at radius 1 is 0.591 bits per heavy atom. The maximum absolute atomic E-state index is 12.7. The monoisotopic (exact) mass is 280 g/mol. The van der Waals surface area contributed by atoms with Crippen LogP contribution >= 0.6 is 0 Å². The Bertz CT molecular complexity index is 940. The molecule has 0 heterocycles. The van der Waals surface area contributed by atoms with Crippen LogP contribution in [0.5, 0.6) is 0 Å². The summed E-state index contributed by atoms with van der Waals surface area (Å²) in [4.78, 5) is 12.7. The van der Waals surface area contributed by atoms with Gasteiger partial charge in [-0.1, -0.05) is 66.4 Å². The molecule has 0 atom stereocenters. The Kier molecular flexibility index (Phi) is 2.88. The zero-order chi connectivity index (χ0) is 14.9. The van der Waals surface area contributed by atoms with Crippen LogP contribution in [0.1, 0.15) is 27.0 Å². The lowest BCUT2D eigenvalue weighted by Crippen LogP contribution is -1.98. The van der Waals surface area contributed by atoms with Gasteiger partial charge in [-0.05, 0) is 29.3 Å². The minimum Gasteiger partial charge on any atom is -0.289 e. The molecule has 3 aromatic carbocycles. The van der Waals surface area contributed by atoms with Gasteiger partial charge in [0.1, 0.15) is 0 Å². The van der Waals surface area contributed by atoms with Crippen molar-refractivity contribution < 1.29 is 4.79 Å². The fraction of sp³-hybridized carbons (Fsp3) is 0. The molecule has 0 spiro atoms. The van der Waals surface area contributed by atoms with Crippen LogP contribution in [-0.2, 0) is 0 Å². The Morgan fingerprint density at radius 3 is 2.09 bits per heavy atom. The fourth-order valence-electron chi connectivity index (χ4n) is 2.84. The molecule has 0 radical (unpaired) electrons. The van der Waals surface area contributed by atoms with Crippen molar-refractivity contribution in [1.82, 2.24) is 0 Å². The molecule has 22 heavy (non-hydrogen) atoms. The third-order valence-corrected chi connectivity index (χ3v) is 3.87. The predicted molar refractivity (Wildman–Crippen MR) is 87.7 cm³/mol. The molecule has 0 saturated carbocycles. The molecule has 1 aliphatic carbocycles. The molecule has 0 fully saturated rings. The van der Waals surface area contributed by atoms with Crippen LogP contribution in [0.25, 0.3) is 11.1 Å². The standard InChI is InChI=1S/C21H12O/c22-21-19-11-5-4-10-17(19)18-12-6-9-16(20(18)21)14-13-15-7-2-1-3-8-15/h1-12H. The zero-order valence-electron chi connectivity index (χ0n) is 11.8. The minimum absolute atomic E-state index is 0.0727. The highest BCUT2D eigenvalue weighted by Crippen LogP contribution is 2.37. The molecule has 0 saturated heterocycles. The molecule has 1 nitrogen and oxygen atoms in total. The van der Waals surface area contributed by atoms with Crippen molar-refractivity contribution in [3.8, 4) is 23.0 Å². The number of hydrogen-bond donors (Lipinski definition) is 0. The smallest absolute Gasteiger partial charge is 0.195 e. The quantitative estimate of drug-likeness (QED) is 0.439. The SMILES string of the molecule is O=C1c2ccccc2-c2cccc(C#Cc3ccccc3)c21. The van der Waals surface area contributed by atoms with Gasteiger partial charge in [0.15, 0.2) is 5.78 Å². The van der Waals surface area contributed by atoms with Gasteiger partial charge in [-0.2, -0.15) is 0 Å². The summed E-state index contributed by atoms with van der Waals surface area (Å²) in [6.45, 7) is 0. The second-order valence-electron chi connectivity index (χ2n) is 5.22. The average Bonchev–Trinajstić information content (AvgIpc) is 2.88. The third-order valence-electron chi connectivity index (χ3n) is 3.87. The average molecular weight is 280 g/mol. The van der Waals surface area contributed by atoms with E-state index in [9.17, 15) is 4.79 Å². The molecule has 1 heteroatoms. The zero-order valence-corrected chi connectivity index (χ0v) is 11.8. The first kappa shape index (κ1) is 12.6. The van der Waals surface area contributed by atoms with Crippen molar-refractivity contribution in [1.29, 1.82) is 0 Å². The van der Waals surface area contributed by atoms with E-state index < -0.39 is 0 Å². The number of benzene rings is 3. The molecule has 3 aromatic rings. The summed E-state index contributed by atoms with van der Waals surface area (Å²) in [7, 11) is 0. The van der Waals surface area contributed by atoms with Crippen LogP contribution in [0.3, 0.4) is 0 Å². The van der Waals surface area contributed by atoms with E-state index >= 15 is 0 Å². The largest absolute Gasteiger partial charge is 0.289 e. The van der Waals surface area contributed by atoms with Crippen LogP contribution in [-0.4, -0.2) is 5.78 Å². The number of carbonyl (C=O) groups excluding carboxylic acids is 1. The molecule has 102 valence electrons. The van der Waals surface area contributed by atoms with Gasteiger partial charge in [-0.25, -0.2) is 0 Å². The van der Waals surface area contributed by atoms with Gasteiger partial charge >= 0.3 is 0 Å². The molecule has 1 aliphatic rings. The van der Waals surface area contributed by atoms with Crippen LogP contribution in [0, 0.1) is 11.8 Å². The third kappa shape index (κ3) is 1.94. The van der Waals surface area contributed by atoms with Gasteiger partial charge in [-0.3, -0.25) is 4.79 Å². The van der Waals surface area contributed by atoms with Crippen molar-refractivity contribution in [2.45, 2.75) is 0 Å². The molecule has 0 unspecified atom stereocenters. The Labute approximate surface area is 129 Å². The van der Waals surface area contributed by atoms with Crippen molar-refractivity contribution in [2.24, 2.45) is 0 Å². The van der Waals surface area contributed by atoms with Gasteiger partial charge in [0.05, 0.1) is 0 Å². The lowest BCUT2D eigenvalue weighted by Gasteiger charge is -2.01. The van der Waals surface area contributed by atoms with E-state index in [4.69, 9.17) is 0 Å². The molecule has 0 aliphatic heterocycles. The fourth-order valence-corrected chi connectivity index (χ4v) is 2.84. The molecular formula is C21H12O. The maximum Gasteiger partial charge on any atom is 0.195 e. The summed E-state index contributed by atoms with van der Waals surface area (Å²) >= 11 is 0. The second kappa shape index (κ2) is 5.02. The van der Waals surface area contributed by atoms with E-state index in [0.29, 0.717) is 0 Å². The molecule has 0 aromatic heterocycles. The first-order valence-corrected chi connectivity index (χ1v) is 7.19. The highest BCUT2D eigenvalue weighted by atomic mass is 16.1. The van der Waals surface area contributed by atoms with Gasteiger partial charge < -0.3 is 0 Å². The summed E-state index contributed by atoms with van der Waals surface area (Å²) in [6.07, 6.45) is 0. The highest BCUT2D eigenvalue weighted by Gasteiger charge is 2.27. The summed E-state index contributed by atoms with van der Waals surface area (Å²) in [5, 5.41) is 0. The van der Waals surface area contributed by atoms with Crippen molar-refractivity contribution >= 4 is 5.78 Å². The summed E-state index contributed by atoms with van der Waals surface area (Å²) in [5.41, 5.74) is 5.23. The molecule has 0 bridgehead atoms. The van der Waals surface area contributed by atoms with Gasteiger partial charge in [0.2, 0.25) is 0 Å². The Balaban J connectivity index is 1.86. The van der Waals surface area contributed by atoms with Crippen molar-refractivity contribution in [2.75, 3.05) is 0 Å². The number of ketones is 1. The Hall–Kier alpha value is -3.11. The summed E-state index contributed by atoms with van der Waals surface area (Å²) in [5.74, 6) is 6.36. The molecule has 4 rings (SSSR count). The molecule has 0 amide bonds. The van der Waals surface area contributed by atoms with Crippen LogP contribution in [0.4, 0.5) is 0 Å². The minimum atomic E-state index is 0.0727. The first-order chi connectivity index (χ1) is 10.8. The van der Waals surface area contributed by atoms with Gasteiger partial charge in [0, 0.05) is 22.3 Å². The first-order valence-electron chi connectivity index (χ1n) is 7.19. The predicted octanol–water partition coefficient (Wildman–Crippen LogP) is 4.30. The second-order valence-corrected chi connectivity index (χ2v) is 5.22. The van der Waals surface area contributed by atoms with E-state index in [0.717, 1.165) is 33.4 Å². The van der Waals surface area contributed by atoms with Crippen molar-refractivity contribution in [3.63, 3.8) is 0 Å². The van der Waals surface area contributed by atoms with E-state index in [1.165, 1.54) is 0 Å². The number of fused-ring (bicyclic) bond motifs is 3. The van der Waals surface area contributed by atoms with Crippen LogP contribution in [0.15, 0.2) is 72.8 Å². The van der Waals surface area contributed by atoms with E-state index in [2.05, 4.69) is 11.8 Å². The van der Waals surface area contributed by atoms with Crippen LogP contribution in [0.2, 0.25) is 0 Å². The van der Waals surface area contributed by atoms with E-state index in [1.54, 1.807) is 0 Å². The van der Waals surface area contributed by atoms with Crippen LogP contribution < -0.4 is 0 Å². The number of rotatable bonds is 0. The molecule has 0 N–H and O–H groups in total. The lowest BCUT2D eigenvalue weighted by atomic mass is 10.0. The summed E-state index contributed by atoms with van der Waals surface area (Å²) < 4.78 is 0. The Morgan fingerprint density at radius 2 is 1.27 bits per heavy atom. The van der Waals surface area contributed by atoms with Gasteiger partial charge in [-0.15, -0.1) is 0 Å². The van der Waals surface area contributed by atoms with E-state index in [1.807, 2.05) is 72.8 Å². The number of hydrogen-bond acceptors (Lipinski definition) is 1. The van der Waals surface area contributed by atoms with E-state index in [-0.39, 0.29) is 5.78 Å². The maximum atomic E-state index is 12.7. The van der Waals surface area contributed by atoms with Gasteiger partial charge in [0.25, 0.3) is 0 Å². The summed E-state index contributed by atoms with van der Waals surface area (Å²) in [6, 6.07) is 23.4.